The van der Waals surface area contributed by atoms with Crippen LogP contribution in [0, 0.1) is 12.7 Å². The van der Waals surface area contributed by atoms with Crippen molar-refractivity contribution in [1.29, 1.82) is 0 Å². The van der Waals surface area contributed by atoms with Crippen LogP contribution in [0.25, 0.3) is 0 Å². The molecule has 170 valence electrons. The molecule has 0 amide bonds. The van der Waals surface area contributed by atoms with Crippen molar-refractivity contribution in [3.63, 3.8) is 0 Å². The molecule has 0 saturated carbocycles. The molecule has 0 unspecified atom stereocenters. The number of aromatic amines is 1. The number of nitrogens with one attached hydrogen (secondary N) is 3. The summed E-state index contributed by atoms with van der Waals surface area (Å²) in [6.45, 7) is 9.44. The molecule has 9 heteroatoms. The van der Waals surface area contributed by atoms with Crippen molar-refractivity contribution in [1.82, 2.24) is 25.1 Å². The number of anilines is 4. The van der Waals surface area contributed by atoms with E-state index in [0.29, 0.717) is 28.3 Å². The maximum absolute atomic E-state index is 15.0. The highest BCUT2D eigenvalue weighted by atomic mass is 35.5. The minimum atomic E-state index is -0.309. The molecule has 4 rings (SSSR count). The summed E-state index contributed by atoms with van der Waals surface area (Å²) in [7, 11) is 0. The van der Waals surface area contributed by atoms with Crippen LogP contribution in [0.1, 0.15) is 49.4 Å². The predicted octanol–water partition coefficient (Wildman–Crippen LogP) is 5.55. The Bertz CT molecular complexity index is 1080. The molecule has 1 aliphatic rings. The molecule has 7 nitrogen and oxygen atoms in total. The third kappa shape index (κ3) is 5.02. The van der Waals surface area contributed by atoms with Crippen LogP contribution in [0.15, 0.2) is 24.4 Å². The number of rotatable bonds is 7. The van der Waals surface area contributed by atoms with E-state index >= 15 is 0 Å². The van der Waals surface area contributed by atoms with Crippen molar-refractivity contribution >= 4 is 34.9 Å². The molecule has 0 bridgehead atoms. The van der Waals surface area contributed by atoms with Gasteiger partial charge in [0.1, 0.15) is 10.8 Å². The van der Waals surface area contributed by atoms with Crippen molar-refractivity contribution in [2.45, 2.75) is 46.0 Å². The van der Waals surface area contributed by atoms with Gasteiger partial charge in [0.25, 0.3) is 0 Å². The molecule has 1 aromatic carbocycles. The third-order valence-electron chi connectivity index (χ3n) is 6.08. The van der Waals surface area contributed by atoms with Crippen molar-refractivity contribution in [3.05, 3.63) is 52.1 Å². The maximum atomic E-state index is 15.0. The molecule has 1 fully saturated rings. The molecule has 3 aromatic rings. The average Bonchev–Trinajstić information content (AvgIpc) is 3.26. The minimum Gasteiger partial charge on any atom is -0.322 e. The molecular formula is C23H29ClFN7. The van der Waals surface area contributed by atoms with Gasteiger partial charge < -0.3 is 15.5 Å². The van der Waals surface area contributed by atoms with Gasteiger partial charge in [-0.1, -0.05) is 25.4 Å². The average molecular weight is 458 g/mol. The first-order valence-corrected chi connectivity index (χ1v) is 11.5. The topological polar surface area (TPSA) is 81.8 Å². The Hall–Kier alpha value is -2.71. The zero-order valence-electron chi connectivity index (χ0n) is 18.7. The summed E-state index contributed by atoms with van der Waals surface area (Å²) in [6, 6.07) is 5.39. The number of hydrogen-bond acceptors (Lipinski definition) is 6. The van der Waals surface area contributed by atoms with Gasteiger partial charge in [-0.25, -0.2) is 9.37 Å². The lowest BCUT2D eigenvalue weighted by Crippen LogP contribution is -2.32. The summed E-state index contributed by atoms with van der Waals surface area (Å²) in [6.07, 6.45) is 4.44. The highest BCUT2D eigenvalue weighted by molar-refractivity contribution is 6.32. The Kier molecular flexibility index (Phi) is 6.91. The third-order valence-corrected chi connectivity index (χ3v) is 6.36. The number of benzene rings is 1. The highest BCUT2D eigenvalue weighted by Gasteiger charge is 2.22. The van der Waals surface area contributed by atoms with E-state index in [1.54, 1.807) is 6.07 Å². The number of piperidine rings is 1. The second-order valence-corrected chi connectivity index (χ2v) is 8.58. The van der Waals surface area contributed by atoms with Gasteiger partial charge in [0.05, 0.1) is 11.9 Å². The molecule has 0 aliphatic carbocycles. The van der Waals surface area contributed by atoms with Gasteiger partial charge in [-0.15, -0.1) is 0 Å². The molecule has 0 atom stereocenters. The number of halogens is 2. The maximum Gasteiger partial charge on any atom is 0.229 e. The predicted molar refractivity (Wildman–Crippen MR) is 127 cm³/mol. The molecule has 32 heavy (non-hydrogen) atoms. The fourth-order valence-corrected chi connectivity index (χ4v) is 4.29. The SMILES string of the molecule is CCc1cc(Nc2nc(Nc3cc(C)c(C4CCN(CC)CC4)cc3F)ncc2Cl)n[nH]1. The van der Waals surface area contributed by atoms with Crippen LogP contribution < -0.4 is 10.6 Å². The number of nitrogens with zero attached hydrogens (tertiary/aromatic N) is 4. The van der Waals surface area contributed by atoms with Crippen LogP contribution in [0.3, 0.4) is 0 Å². The Morgan fingerprint density at radius 2 is 1.97 bits per heavy atom. The molecule has 2 aromatic heterocycles. The molecule has 3 N–H and O–H groups in total. The van der Waals surface area contributed by atoms with E-state index in [4.69, 9.17) is 11.6 Å². The molecular weight excluding hydrogens is 429 g/mol. The lowest BCUT2D eigenvalue weighted by atomic mass is 9.86. The Morgan fingerprint density at radius 3 is 2.66 bits per heavy atom. The van der Waals surface area contributed by atoms with Crippen LogP contribution in [0.4, 0.5) is 27.7 Å². The summed E-state index contributed by atoms with van der Waals surface area (Å²) in [5.74, 6) is 1.34. The summed E-state index contributed by atoms with van der Waals surface area (Å²) in [5.41, 5.74) is 3.50. The Balaban J connectivity index is 1.51. The zero-order valence-corrected chi connectivity index (χ0v) is 19.4. The zero-order chi connectivity index (χ0) is 22.7. The van der Waals surface area contributed by atoms with E-state index in [9.17, 15) is 4.39 Å². The Morgan fingerprint density at radius 1 is 1.19 bits per heavy atom. The number of aryl methyl sites for hydroxylation is 2. The monoisotopic (exact) mass is 457 g/mol. The standard InChI is InChI=1S/C23H29ClFN7/c1-4-16-11-21(31-30-16)28-22-18(24)13-26-23(29-22)27-20-10-14(3)17(12-19(20)25)15-6-8-32(5-2)9-7-15/h10-13,15H,4-9H2,1-3H3,(H3,26,27,28,29,30,31). The van der Waals surface area contributed by atoms with Crippen LogP contribution in [-0.4, -0.2) is 44.7 Å². The molecule has 3 heterocycles. The van der Waals surface area contributed by atoms with E-state index in [2.05, 4.69) is 42.6 Å². The van der Waals surface area contributed by atoms with E-state index in [0.717, 1.165) is 55.7 Å². The van der Waals surface area contributed by atoms with Crippen LogP contribution in [-0.2, 0) is 6.42 Å². The summed E-state index contributed by atoms with van der Waals surface area (Å²) in [5, 5.41) is 13.5. The smallest absolute Gasteiger partial charge is 0.229 e. The van der Waals surface area contributed by atoms with Crippen molar-refractivity contribution in [2.24, 2.45) is 0 Å². The van der Waals surface area contributed by atoms with Crippen molar-refractivity contribution in [2.75, 3.05) is 30.3 Å². The second kappa shape index (κ2) is 9.83. The summed E-state index contributed by atoms with van der Waals surface area (Å²) < 4.78 is 15.0. The molecule has 1 aliphatic heterocycles. The van der Waals surface area contributed by atoms with E-state index in [-0.39, 0.29) is 11.8 Å². The highest BCUT2D eigenvalue weighted by Crippen LogP contribution is 2.33. The number of aromatic nitrogens is 4. The van der Waals surface area contributed by atoms with Gasteiger partial charge in [-0.2, -0.15) is 10.1 Å². The van der Waals surface area contributed by atoms with E-state index in [1.807, 2.05) is 26.0 Å². The normalized spacial score (nSPS) is 15.2. The van der Waals surface area contributed by atoms with Gasteiger partial charge in [0.2, 0.25) is 5.95 Å². The lowest BCUT2D eigenvalue weighted by Gasteiger charge is -2.32. The lowest BCUT2D eigenvalue weighted by molar-refractivity contribution is 0.222. The first-order chi connectivity index (χ1) is 15.5. The van der Waals surface area contributed by atoms with Crippen LogP contribution >= 0.6 is 11.6 Å². The van der Waals surface area contributed by atoms with E-state index < -0.39 is 0 Å². The molecule has 0 spiro atoms. The number of likely N-dealkylation sites (tertiary alicyclic amines) is 1. The van der Waals surface area contributed by atoms with Gasteiger partial charge in [-0.3, -0.25) is 5.10 Å². The number of hydrogen-bond donors (Lipinski definition) is 3. The second-order valence-electron chi connectivity index (χ2n) is 8.17. The fraction of sp³-hybridized carbons (Fsp3) is 0.435. The first-order valence-electron chi connectivity index (χ1n) is 11.1. The Labute approximate surface area is 192 Å². The van der Waals surface area contributed by atoms with Crippen molar-refractivity contribution < 1.29 is 4.39 Å². The number of H-pyrrole nitrogens is 1. The molecule has 0 radical (unpaired) electrons. The largest absolute Gasteiger partial charge is 0.322 e. The van der Waals surface area contributed by atoms with E-state index in [1.165, 1.54) is 6.20 Å². The molecule has 1 saturated heterocycles. The first kappa shape index (κ1) is 22.5. The van der Waals surface area contributed by atoms with Gasteiger partial charge in [-0.05, 0) is 75.0 Å². The van der Waals surface area contributed by atoms with Crippen LogP contribution in [0.2, 0.25) is 5.02 Å². The van der Waals surface area contributed by atoms with Crippen LogP contribution in [0.5, 0.6) is 0 Å². The minimum absolute atomic E-state index is 0.255. The quantitative estimate of drug-likeness (QED) is 0.431. The summed E-state index contributed by atoms with van der Waals surface area (Å²) >= 11 is 6.24. The fourth-order valence-electron chi connectivity index (χ4n) is 4.16. The van der Waals surface area contributed by atoms with Gasteiger partial charge in [0.15, 0.2) is 11.6 Å². The summed E-state index contributed by atoms with van der Waals surface area (Å²) in [4.78, 5) is 11.0. The van der Waals surface area contributed by atoms with Gasteiger partial charge >= 0.3 is 0 Å². The van der Waals surface area contributed by atoms with Crippen molar-refractivity contribution in [3.8, 4) is 0 Å². The van der Waals surface area contributed by atoms with Gasteiger partial charge in [0, 0.05) is 11.8 Å².